The number of hydrogen-bond donors (Lipinski definition) is 1. The molecule has 8 heteroatoms. The normalized spacial score (nSPS) is 11.1. The molecule has 0 spiro atoms. The van der Waals surface area contributed by atoms with Crippen molar-refractivity contribution in [3.05, 3.63) is 46.6 Å². The van der Waals surface area contributed by atoms with Gasteiger partial charge in [0.2, 0.25) is 0 Å². The topological polar surface area (TPSA) is 90.6 Å². The molecule has 1 aromatic carbocycles. The van der Waals surface area contributed by atoms with Crippen LogP contribution in [0.1, 0.15) is 31.9 Å². The van der Waals surface area contributed by atoms with Crippen LogP contribution in [0.15, 0.2) is 30.3 Å². The minimum atomic E-state index is -0.507. The largest absolute Gasteiger partial charge is 0.489 e. The van der Waals surface area contributed by atoms with E-state index in [0.717, 1.165) is 11.1 Å². The Morgan fingerprint density at radius 1 is 1.19 bits per heavy atom. The molecule has 146 valence electrons. The summed E-state index contributed by atoms with van der Waals surface area (Å²) in [5, 5.41) is 7.59. The molecule has 0 fully saturated rings. The zero-order chi connectivity index (χ0) is 20.0. The summed E-state index contributed by atoms with van der Waals surface area (Å²) < 4.78 is 11.0. The van der Waals surface area contributed by atoms with Gasteiger partial charge in [-0.15, -0.1) is 10.2 Å². The second kappa shape index (κ2) is 8.90. The van der Waals surface area contributed by atoms with Gasteiger partial charge in [0, 0.05) is 26.1 Å². The van der Waals surface area contributed by atoms with E-state index < -0.39 is 5.60 Å². The highest BCUT2D eigenvalue weighted by atomic mass is 35.5. The van der Waals surface area contributed by atoms with E-state index in [-0.39, 0.29) is 17.1 Å². The Morgan fingerprint density at radius 3 is 2.44 bits per heavy atom. The molecule has 0 atom stereocenters. The lowest BCUT2D eigenvalue weighted by Crippen LogP contribution is -2.33. The van der Waals surface area contributed by atoms with E-state index >= 15 is 0 Å². The molecule has 0 aliphatic carbocycles. The molecular weight excluding hydrogens is 368 g/mol. The predicted molar refractivity (Wildman–Crippen MR) is 105 cm³/mol. The van der Waals surface area contributed by atoms with E-state index in [0.29, 0.717) is 25.3 Å². The molecule has 0 unspecified atom stereocenters. The van der Waals surface area contributed by atoms with Gasteiger partial charge >= 0.3 is 6.09 Å². The number of halogens is 1. The Kier molecular flexibility index (Phi) is 6.85. The van der Waals surface area contributed by atoms with Crippen LogP contribution in [0.4, 0.5) is 10.6 Å². The first kappa shape index (κ1) is 20.8. The molecular formula is C19H25ClN4O3. The van der Waals surface area contributed by atoms with E-state index in [9.17, 15) is 4.79 Å². The number of rotatable bonds is 6. The Bertz CT molecular complexity index is 776. The molecule has 0 saturated carbocycles. The summed E-state index contributed by atoms with van der Waals surface area (Å²) in [7, 11) is 1.72. The van der Waals surface area contributed by atoms with Crippen molar-refractivity contribution in [1.29, 1.82) is 0 Å². The number of nitrogens with two attached hydrogens (primary N) is 1. The van der Waals surface area contributed by atoms with Crippen LogP contribution >= 0.6 is 11.6 Å². The van der Waals surface area contributed by atoms with Gasteiger partial charge in [-0.25, -0.2) is 4.79 Å². The number of carbonyl (C=O) groups is 1. The van der Waals surface area contributed by atoms with Gasteiger partial charge < -0.3 is 20.1 Å². The molecule has 27 heavy (non-hydrogen) atoms. The van der Waals surface area contributed by atoms with Gasteiger partial charge in [-0.05, 0) is 31.9 Å². The Hall–Kier alpha value is -2.54. The number of benzene rings is 1. The number of nitrogen functional groups attached to an aromatic ring is 1. The quantitative estimate of drug-likeness (QED) is 0.805. The highest BCUT2D eigenvalue weighted by Crippen LogP contribution is 2.21. The van der Waals surface area contributed by atoms with Crippen LogP contribution in [0.3, 0.4) is 0 Å². The minimum Gasteiger partial charge on any atom is -0.489 e. The van der Waals surface area contributed by atoms with Gasteiger partial charge in [-0.1, -0.05) is 35.9 Å². The molecule has 0 bridgehead atoms. The van der Waals surface area contributed by atoms with Crippen LogP contribution in [0.2, 0.25) is 5.15 Å². The standard InChI is InChI=1S/C19H25ClN4O3/c1-19(2,3)27-18(25)24(4)12-14-7-5-13(6-8-14)9-10-26-15-11-16(20)22-23-17(15)21/h5-8,11H,9-10,12H2,1-4H3,(H2,21,23). The third-order valence-corrected chi connectivity index (χ3v) is 3.74. The van der Waals surface area contributed by atoms with E-state index in [1.54, 1.807) is 18.0 Å². The second-order valence-corrected chi connectivity index (χ2v) is 7.56. The molecule has 2 aromatic rings. The molecule has 2 rings (SSSR count). The van der Waals surface area contributed by atoms with Crippen molar-refractivity contribution in [2.24, 2.45) is 0 Å². The number of aromatic nitrogens is 2. The summed E-state index contributed by atoms with van der Waals surface area (Å²) in [5.74, 6) is 0.630. The van der Waals surface area contributed by atoms with Crippen molar-refractivity contribution < 1.29 is 14.3 Å². The van der Waals surface area contributed by atoms with Crippen LogP contribution < -0.4 is 10.5 Å². The number of nitrogens with zero attached hydrogens (tertiary/aromatic N) is 3. The van der Waals surface area contributed by atoms with Crippen LogP contribution in [-0.4, -0.2) is 40.4 Å². The van der Waals surface area contributed by atoms with Gasteiger partial charge in [-0.2, -0.15) is 0 Å². The summed E-state index contributed by atoms with van der Waals surface area (Å²) >= 11 is 5.78. The molecule has 0 saturated heterocycles. The Balaban J connectivity index is 1.84. The predicted octanol–water partition coefficient (Wildman–Crippen LogP) is 3.70. The summed E-state index contributed by atoms with van der Waals surface area (Å²) in [5.41, 5.74) is 7.31. The number of carbonyl (C=O) groups excluding carboxylic acids is 1. The molecule has 1 heterocycles. The smallest absolute Gasteiger partial charge is 0.410 e. The van der Waals surface area contributed by atoms with Crippen molar-refractivity contribution in [2.45, 2.75) is 39.3 Å². The highest BCUT2D eigenvalue weighted by molar-refractivity contribution is 6.29. The Morgan fingerprint density at radius 2 is 1.81 bits per heavy atom. The fourth-order valence-corrected chi connectivity index (χ4v) is 2.38. The van der Waals surface area contributed by atoms with E-state index in [4.69, 9.17) is 26.8 Å². The monoisotopic (exact) mass is 392 g/mol. The lowest BCUT2D eigenvalue weighted by atomic mass is 10.1. The maximum Gasteiger partial charge on any atom is 0.410 e. The molecule has 0 radical (unpaired) electrons. The summed E-state index contributed by atoms with van der Waals surface area (Å²) in [6.07, 6.45) is 0.351. The fourth-order valence-electron chi connectivity index (χ4n) is 2.25. The van der Waals surface area contributed by atoms with Crippen molar-refractivity contribution in [1.82, 2.24) is 15.1 Å². The summed E-state index contributed by atoms with van der Waals surface area (Å²) in [6, 6.07) is 9.51. The zero-order valence-corrected chi connectivity index (χ0v) is 16.8. The lowest BCUT2D eigenvalue weighted by Gasteiger charge is -2.24. The van der Waals surface area contributed by atoms with Crippen LogP contribution in [0.5, 0.6) is 5.75 Å². The molecule has 2 N–H and O–H groups in total. The SMILES string of the molecule is CN(Cc1ccc(CCOc2cc(Cl)nnc2N)cc1)C(=O)OC(C)(C)C. The number of anilines is 1. The molecule has 1 amide bonds. The van der Waals surface area contributed by atoms with Gasteiger partial charge in [0.15, 0.2) is 16.7 Å². The van der Waals surface area contributed by atoms with Crippen LogP contribution in [0.25, 0.3) is 0 Å². The minimum absolute atomic E-state index is 0.208. The third kappa shape index (κ3) is 6.94. The van der Waals surface area contributed by atoms with Crippen molar-refractivity contribution in [3.63, 3.8) is 0 Å². The zero-order valence-electron chi connectivity index (χ0n) is 16.0. The van der Waals surface area contributed by atoms with Gasteiger partial charge in [0.1, 0.15) is 5.60 Å². The van der Waals surface area contributed by atoms with E-state index in [2.05, 4.69) is 10.2 Å². The number of amides is 1. The number of ether oxygens (including phenoxy) is 2. The lowest BCUT2D eigenvalue weighted by molar-refractivity contribution is 0.0285. The van der Waals surface area contributed by atoms with Crippen molar-refractivity contribution in [2.75, 3.05) is 19.4 Å². The van der Waals surface area contributed by atoms with Gasteiger partial charge in [0.25, 0.3) is 0 Å². The summed E-state index contributed by atoms with van der Waals surface area (Å²) in [4.78, 5) is 13.6. The van der Waals surface area contributed by atoms with E-state index in [1.165, 1.54) is 0 Å². The van der Waals surface area contributed by atoms with Gasteiger partial charge in [0.05, 0.1) is 6.61 Å². The average molecular weight is 393 g/mol. The highest BCUT2D eigenvalue weighted by Gasteiger charge is 2.19. The molecule has 0 aliphatic rings. The first-order valence-corrected chi connectivity index (χ1v) is 8.95. The van der Waals surface area contributed by atoms with Crippen LogP contribution in [-0.2, 0) is 17.7 Å². The maximum atomic E-state index is 12.0. The first-order chi connectivity index (χ1) is 12.6. The van der Waals surface area contributed by atoms with Gasteiger partial charge in [-0.3, -0.25) is 0 Å². The maximum absolute atomic E-state index is 12.0. The second-order valence-electron chi connectivity index (χ2n) is 7.17. The Labute approximate surface area is 164 Å². The first-order valence-electron chi connectivity index (χ1n) is 8.57. The summed E-state index contributed by atoms with van der Waals surface area (Å²) in [6.45, 7) is 6.45. The molecule has 1 aromatic heterocycles. The third-order valence-electron chi connectivity index (χ3n) is 3.55. The van der Waals surface area contributed by atoms with E-state index in [1.807, 2.05) is 45.0 Å². The van der Waals surface area contributed by atoms with Crippen LogP contribution in [0, 0.1) is 0 Å². The van der Waals surface area contributed by atoms with Crippen molar-refractivity contribution >= 4 is 23.5 Å². The number of hydrogen-bond acceptors (Lipinski definition) is 6. The fraction of sp³-hybridized carbons (Fsp3) is 0.421. The molecule has 0 aliphatic heterocycles. The molecule has 7 nitrogen and oxygen atoms in total. The average Bonchev–Trinajstić information content (AvgIpc) is 2.58. The van der Waals surface area contributed by atoms with Crippen molar-refractivity contribution in [3.8, 4) is 5.75 Å².